The van der Waals surface area contributed by atoms with Gasteiger partial charge in [0, 0.05) is 30.9 Å². The molecule has 0 aliphatic carbocycles. The van der Waals surface area contributed by atoms with Gasteiger partial charge in [-0.15, -0.1) is 11.3 Å². The zero-order valence-corrected chi connectivity index (χ0v) is 12.1. The Morgan fingerprint density at radius 1 is 1.41 bits per heavy atom. The minimum absolute atomic E-state index is 0.290. The number of thiophene rings is 1. The van der Waals surface area contributed by atoms with E-state index in [4.69, 9.17) is 0 Å². The fourth-order valence-electron chi connectivity index (χ4n) is 1.97. The van der Waals surface area contributed by atoms with Crippen molar-refractivity contribution in [2.45, 2.75) is 19.3 Å². The number of nitrogens with one attached hydrogen (secondary N) is 1. The van der Waals surface area contributed by atoms with Gasteiger partial charge in [0.05, 0.1) is 3.79 Å². The third-order valence-electron chi connectivity index (χ3n) is 2.91. The van der Waals surface area contributed by atoms with E-state index in [0.717, 1.165) is 42.8 Å². The Morgan fingerprint density at radius 2 is 2.29 bits per heavy atom. The first-order chi connectivity index (χ1) is 8.25. The summed E-state index contributed by atoms with van der Waals surface area (Å²) in [5, 5.41) is 3.31. The third-order valence-corrected chi connectivity index (χ3v) is 4.59. The summed E-state index contributed by atoms with van der Waals surface area (Å²) >= 11 is 5.16. The van der Waals surface area contributed by atoms with Crippen molar-refractivity contribution in [3.8, 4) is 0 Å². The maximum Gasteiger partial charge on any atom is 0.222 e. The molecular weight excluding hydrogens is 300 g/mol. The minimum Gasteiger partial charge on any atom is -0.341 e. The predicted molar refractivity (Wildman–Crippen MR) is 74.4 cm³/mol. The average molecular weight is 317 g/mol. The zero-order chi connectivity index (χ0) is 12.1. The van der Waals surface area contributed by atoms with Gasteiger partial charge in [0.25, 0.3) is 0 Å². The lowest BCUT2D eigenvalue weighted by molar-refractivity contribution is -0.130. The van der Waals surface area contributed by atoms with Gasteiger partial charge in [0.1, 0.15) is 0 Å². The van der Waals surface area contributed by atoms with Crippen LogP contribution in [0.3, 0.4) is 0 Å². The van der Waals surface area contributed by atoms with Crippen LogP contribution in [0.2, 0.25) is 0 Å². The number of carbonyl (C=O) groups is 1. The first-order valence-electron chi connectivity index (χ1n) is 5.98. The third kappa shape index (κ3) is 4.08. The van der Waals surface area contributed by atoms with Crippen LogP contribution in [-0.2, 0) is 11.2 Å². The van der Waals surface area contributed by atoms with Crippen molar-refractivity contribution in [3.05, 3.63) is 20.8 Å². The number of nitrogens with zero attached hydrogens (tertiary/aromatic N) is 1. The molecule has 1 aliphatic heterocycles. The number of hydrogen-bond donors (Lipinski definition) is 1. The smallest absolute Gasteiger partial charge is 0.222 e. The fraction of sp³-hybridized carbons (Fsp3) is 0.583. The van der Waals surface area contributed by atoms with Crippen LogP contribution < -0.4 is 5.32 Å². The fourth-order valence-corrected chi connectivity index (χ4v) is 3.45. The molecule has 0 spiro atoms. The van der Waals surface area contributed by atoms with Gasteiger partial charge >= 0.3 is 0 Å². The molecule has 17 heavy (non-hydrogen) atoms. The number of rotatable bonds is 3. The molecule has 2 heterocycles. The molecule has 1 N–H and O–H groups in total. The van der Waals surface area contributed by atoms with Gasteiger partial charge in [-0.05, 0) is 47.4 Å². The molecule has 94 valence electrons. The van der Waals surface area contributed by atoms with Gasteiger partial charge < -0.3 is 10.2 Å². The number of hydrogen-bond acceptors (Lipinski definition) is 3. The van der Waals surface area contributed by atoms with Crippen LogP contribution in [0.25, 0.3) is 0 Å². The quantitative estimate of drug-likeness (QED) is 0.927. The van der Waals surface area contributed by atoms with E-state index in [2.05, 4.69) is 27.3 Å². The van der Waals surface area contributed by atoms with Crippen LogP contribution in [0.1, 0.15) is 17.7 Å². The molecular formula is C12H17BrN2OS. The summed E-state index contributed by atoms with van der Waals surface area (Å²) in [6.45, 7) is 3.71. The highest BCUT2D eigenvalue weighted by molar-refractivity contribution is 9.11. The van der Waals surface area contributed by atoms with Crippen LogP contribution in [0.4, 0.5) is 0 Å². The van der Waals surface area contributed by atoms with Gasteiger partial charge in [-0.2, -0.15) is 0 Å². The summed E-state index contributed by atoms with van der Waals surface area (Å²) in [5.74, 6) is 0.290. The molecule has 3 nitrogen and oxygen atoms in total. The molecule has 0 unspecified atom stereocenters. The molecule has 0 aromatic carbocycles. The van der Waals surface area contributed by atoms with Crippen molar-refractivity contribution in [2.24, 2.45) is 0 Å². The Morgan fingerprint density at radius 3 is 3.06 bits per heavy atom. The van der Waals surface area contributed by atoms with Crippen LogP contribution in [-0.4, -0.2) is 37.0 Å². The highest BCUT2D eigenvalue weighted by Gasteiger charge is 2.15. The van der Waals surface area contributed by atoms with E-state index in [1.807, 2.05) is 11.0 Å². The summed E-state index contributed by atoms with van der Waals surface area (Å²) in [4.78, 5) is 15.3. The van der Waals surface area contributed by atoms with Crippen molar-refractivity contribution in [1.82, 2.24) is 10.2 Å². The highest BCUT2D eigenvalue weighted by atomic mass is 79.9. The van der Waals surface area contributed by atoms with E-state index in [-0.39, 0.29) is 0 Å². The Kier molecular flexibility index (Phi) is 5.00. The lowest BCUT2D eigenvalue weighted by atomic mass is 10.2. The molecule has 1 aromatic rings. The molecule has 1 amide bonds. The summed E-state index contributed by atoms with van der Waals surface area (Å²) in [5.41, 5.74) is 0. The Hall–Kier alpha value is -0.390. The van der Waals surface area contributed by atoms with Crippen LogP contribution in [0.15, 0.2) is 15.9 Å². The molecule has 0 atom stereocenters. The minimum atomic E-state index is 0.290. The molecule has 0 saturated carbocycles. The molecule has 0 bridgehead atoms. The second-order valence-electron chi connectivity index (χ2n) is 4.19. The molecule has 1 fully saturated rings. The molecule has 1 saturated heterocycles. The molecule has 1 aliphatic rings. The second-order valence-corrected chi connectivity index (χ2v) is 6.74. The zero-order valence-electron chi connectivity index (χ0n) is 9.75. The average Bonchev–Trinajstić information content (AvgIpc) is 2.58. The predicted octanol–water partition coefficient (Wildman–Crippen LogP) is 2.27. The first-order valence-corrected chi connectivity index (χ1v) is 7.59. The maximum absolute atomic E-state index is 12.0. The van der Waals surface area contributed by atoms with Crippen molar-refractivity contribution < 1.29 is 4.79 Å². The van der Waals surface area contributed by atoms with Gasteiger partial charge in [-0.25, -0.2) is 0 Å². The van der Waals surface area contributed by atoms with E-state index < -0.39 is 0 Å². The van der Waals surface area contributed by atoms with E-state index in [0.29, 0.717) is 12.3 Å². The van der Waals surface area contributed by atoms with Crippen LogP contribution in [0, 0.1) is 0 Å². The van der Waals surface area contributed by atoms with Crippen LogP contribution >= 0.6 is 27.3 Å². The standard InChI is InChI=1S/C12H17BrN2OS/c13-11-4-2-10(17-11)3-5-12(16)15-8-1-6-14-7-9-15/h2,4,14H,1,3,5-9H2. The Bertz CT molecular complexity index is 372. The van der Waals surface area contributed by atoms with Gasteiger partial charge in [0.2, 0.25) is 5.91 Å². The monoisotopic (exact) mass is 316 g/mol. The highest BCUT2D eigenvalue weighted by Crippen LogP contribution is 2.23. The number of halogens is 1. The molecule has 1 aromatic heterocycles. The lowest BCUT2D eigenvalue weighted by Crippen LogP contribution is -2.34. The van der Waals surface area contributed by atoms with E-state index in [1.165, 1.54) is 4.88 Å². The summed E-state index contributed by atoms with van der Waals surface area (Å²) in [7, 11) is 0. The van der Waals surface area contributed by atoms with Gasteiger partial charge in [0.15, 0.2) is 0 Å². The lowest BCUT2D eigenvalue weighted by Gasteiger charge is -2.19. The SMILES string of the molecule is O=C(CCc1ccc(Br)s1)N1CCCNCC1. The molecule has 5 heteroatoms. The van der Waals surface area contributed by atoms with Crippen LogP contribution in [0.5, 0.6) is 0 Å². The summed E-state index contributed by atoms with van der Waals surface area (Å²) in [6, 6.07) is 4.13. The molecule has 0 radical (unpaired) electrons. The normalized spacial score (nSPS) is 16.9. The van der Waals surface area contributed by atoms with Crippen molar-refractivity contribution >= 4 is 33.2 Å². The Balaban J connectivity index is 1.79. The maximum atomic E-state index is 12.0. The first kappa shape index (κ1) is 13.1. The van der Waals surface area contributed by atoms with E-state index in [1.54, 1.807) is 11.3 Å². The van der Waals surface area contributed by atoms with Gasteiger partial charge in [-0.1, -0.05) is 0 Å². The van der Waals surface area contributed by atoms with Crippen molar-refractivity contribution in [3.63, 3.8) is 0 Å². The van der Waals surface area contributed by atoms with Gasteiger partial charge in [-0.3, -0.25) is 4.79 Å². The van der Waals surface area contributed by atoms with E-state index in [9.17, 15) is 4.79 Å². The number of amides is 1. The largest absolute Gasteiger partial charge is 0.341 e. The summed E-state index contributed by atoms with van der Waals surface area (Å²) < 4.78 is 1.14. The number of carbonyl (C=O) groups excluding carboxylic acids is 1. The van der Waals surface area contributed by atoms with E-state index >= 15 is 0 Å². The topological polar surface area (TPSA) is 32.3 Å². The van der Waals surface area contributed by atoms with Crippen molar-refractivity contribution in [2.75, 3.05) is 26.2 Å². The number of aryl methyl sites for hydroxylation is 1. The molecule has 2 rings (SSSR count). The van der Waals surface area contributed by atoms with Crippen molar-refractivity contribution in [1.29, 1.82) is 0 Å². The Labute approximate surface area is 114 Å². The second kappa shape index (κ2) is 6.52. The summed E-state index contributed by atoms with van der Waals surface area (Å²) in [6.07, 6.45) is 2.56.